The van der Waals surface area contributed by atoms with Crippen LogP contribution in [0.3, 0.4) is 0 Å². The highest BCUT2D eigenvalue weighted by Crippen LogP contribution is 2.20. The molecular weight excluding hydrogens is 364 g/mol. The Morgan fingerprint density at radius 2 is 2.04 bits per heavy atom. The maximum atomic E-state index is 11.4. The molecule has 0 fully saturated rings. The summed E-state index contributed by atoms with van der Waals surface area (Å²) in [6, 6.07) is 14.8. The van der Waals surface area contributed by atoms with E-state index in [1.165, 1.54) is 18.7 Å². The van der Waals surface area contributed by atoms with E-state index in [0.717, 1.165) is 11.3 Å². The lowest BCUT2D eigenvalue weighted by atomic mass is 10.1. The summed E-state index contributed by atoms with van der Waals surface area (Å²) in [6.07, 6.45) is -0.709. The molecule has 3 aromatic rings. The Hall–Kier alpha value is -2.71. The van der Waals surface area contributed by atoms with Crippen LogP contribution in [-0.2, 0) is 0 Å². The summed E-state index contributed by atoms with van der Waals surface area (Å²) in [5.41, 5.74) is 2.59. The average Bonchev–Trinajstić information content (AvgIpc) is 3.14. The summed E-state index contributed by atoms with van der Waals surface area (Å²) in [7, 11) is 0. The number of nitrogens with zero attached hydrogens (tertiary/aromatic N) is 4. The number of Topliss-reactive ketones (excluding diaryl/α,β-unsaturated/α-hetero) is 1. The monoisotopic (exact) mass is 384 g/mol. The number of tetrazole rings is 1. The maximum absolute atomic E-state index is 11.4. The molecule has 27 heavy (non-hydrogen) atoms. The number of hydrogen-bond acceptors (Lipinski definition) is 7. The Kier molecular flexibility index (Phi) is 6.20. The minimum Gasteiger partial charge on any atom is -0.491 e. The van der Waals surface area contributed by atoms with E-state index >= 15 is 0 Å². The van der Waals surface area contributed by atoms with Crippen molar-refractivity contribution in [1.29, 1.82) is 0 Å². The number of aliphatic hydroxyl groups excluding tert-OH is 1. The molecule has 1 N–H and O–H groups in total. The van der Waals surface area contributed by atoms with Crippen LogP contribution in [0, 0.1) is 6.92 Å². The molecule has 0 aliphatic carbocycles. The second-order valence-electron chi connectivity index (χ2n) is 6.07. The van der Waals surface area contributed by atoms with E-state index in [4.69, 9.17) is 4.74 Å². The molecule has 7 nitrogen and oxygen atoms in total. The first-order chi connectivity index (χ1) is 13.0. The maximum Gasteiger partial charge on any atom is 0.214 e. The molecule has 140 valence electrons. The molecule has 0 saturated carbocycles. The van der Waals surface area contributed by atoms with E-state index in [0.29, 0.717) is 22.2 Å². The number of benzene rings is 2. The van der Waals surface area contributed by atoms with Crippen molar-refractivity contribution in [3.63, 3.8) is 0 Å². The number of aliphatic hydroxyl groups is 1. The lowest BCUT2D eigenvalue weighted by Gasteiger charge is -2.12. The fourth-order valence-electron chi connectivity index (χ4n) is 2.33. The smallest absolute Gasteiger partial charge is 0.214 e. The van der Waals surface area contributed by atoms with Crippen LogP contribution in [0.1, 0.15) is 22.8 Å². The second kappa shape index (κ2) is 8.79. The molecule has 0 bridgehead atoms. The number of hydrogen-bond donors (Lipinski definition) is 1. The molecule has 0 amide bonds. The normalized spacial score (nSPS) is 12.0. The summed E-state index contributed by atoms with van der Waals surface area (Å²) in [6.45, 7) is 3.63. The van der Waals surface area contributed by atoms with Gasteiger partial charge in [-0.3, -0.25) is 4.79 Å². The molecule has 3 rings (SSSR count). The summed E-state index contributed by atoms with van der Waals surface area (Å²) in [5.74, 6) is 0.897. The van der Waals surface area contributed by atoms with Gasteiger partial charge in [-0.05, 0) is 48.5 Å². The largest absolute Gasteiger partial charge is 0.491 e. The Balaban J connectivity index is 1.55. The van der Waals surface area contributed by atoms with Crippen molar-refractivity contribution in [3.05, 3.63) is 59.7 Å². The first kappa shape index (κ1) is 19.1. The van der Waals surface area contributed by atoms with Crippen LogP contribution >= 0.6 is 11.8 Å². The van der Waals surface area contributed by atoms with E-state index in [9.17, 15) is 9.90 Å². The van der Waals surface area contributed by atoms with Gasteiger partial charge >= 0.3 is 0 Å². The van der Waals surface area contributed by atoms with Crippen molar-refractivity contribution in [1.82, 2.24) is 20.2 Å². The highest BCUT2D eigenvalue weighted by atomic mass is 32.2. The Labute approximate surface area is 161 Å². The van der Waals surface area contributed by atoms with Crippen LogP contribution in [-0.4, -0.2) is 49.6 Å². The number of thioether (sulfide) groups is 1. The van der Waals surface area contributed by atoms with Crippen molar-refractivity contribution in [3.8, 4) is 11.4 Å². The van der Waals surface area contributed by atoms with Crippen LogP contribution < -0.4 is 4.74 Å². The van der Waals surface area contributed by atoms with E-state index in [1.807, 2.05) is 31.2 Å². The third kappa shape index (κ3) is 5.15. The molecular formula is C19H20N4O3S. The predicted octanol–water partition coefficient (Wildman–Crippen LogP) is 2.71. The standard InChI is InChI=1S/C19H20N4O3S/c1-13-6-8-16(9-7-13)23-19(20-21-22-23)27-12-17(25)11-26-18-5-3-4-15(10-18)14(2)24/h3-10,17,25H,11-12H2,1-2H3/t17-/m1/s1. The summed E-state index contributed by atoms with van der Waals surface area (Å²) < 4.78 is 7.22. The highest BCUT2D eigenvalue weighted by molar-refractivity contribution is 7.99. The van der Waals surface area contributed by atoms with Gasteiger partial charge in [0.1, 0.15) is 12.4 Å². The van der Waals surface area contributed by atoms with Gasteiger partial charge in [-0.15, -0.1) is 5.10 Å². The van der Waals surface area contributed by atoms with Crippen LogP contribution in [0.5, 0.6) is 5.75 Å². The van der Waals surface area contributed by atoms with Crippen molar-refractivity contribution >= 4 is 17.5 Å². The first-order valence-electron chi connectivity index (χ1n) is 8.43. The summed E-state index contributed by atoms with van der Waals surface area (Å²) >= 11 is 1.35. The van der Waals surface area contributed by atoms with Gasteiger partial charge in [-0.25, -0.2) is 0 Å². The number of ketones is 1. The molecule has 0 saturated heterocycles. The third-order valence-electron chi connectivity index (χ3n) is 3.81. The lowest BCUT2D eigenvalue weighted by molar-refractivity contribution is 0.101. The number of rotatable bonds is 8. The lowest BCUT2D eigenvalue weighted by Crippen LogP contribution is -2.20. The fourth-order valence-corrected chi connectivity index (χ4v) is 3.13. The van der Waals surface area contributed by atoms with Crippen LogP contribution in [0.15, 0.2) is 53.7 Å². The molecule has 2 aromatic carbocycles. The van der Waals surface area contributed by atoms with Crippen molar-refractivity contribution < 1.29 is 14.6 Å². The van der Waals surface area contributed by atoms with Crippen LogP contribution in [0.4, 0.5) is 0 Å². The van der Waals surface area contributed by atoms with Gasteiger partial charge in [0.25, 0.3) is 0 Å². The SMILES string of the molecule is CC(=O)c1cccc(OC[C@@H](O)CSc2nnnn2-c2ccc(C)cc2)c1. The molecule has 0 spiro atoms. The van der Waals surface area contributed by atoms with E-state index in [1.54, 1.807) is 28.9 Å². The molecule has 0 radical (unpaired) electrons. The van der Waals surface area contributed by atoms with Gasteiger partial charge in [-0.2, -0.15) is 4.68 Å². The van der Waals surface area contributed by atoms with Crippen molar-refractivity contribution in [2.45, 2.75) is 25.1 Å². The van der Waals surface area contributed by atoms with Gasteiger partial charge in [-0.1, -0.05) is 41.6 Å². The average molecular weight is 384 g/mol. The zero-order chi connectivity index (χ0) is 19.2. The van der Waals surface area contributed by atoms with Crippen molar-refractivity contribution in [2.75, 3.05) is 12.4 Å². The fraction of sp³-hybridized carbons (Fsp3) is 0.263. The van der Waals surface area contributed by atoms with Gasteiger partial charge < -0.3 is 9.84 Å². The number of carbonyl (C=O) groups excluding carboxylic acids is 1. The topological polar surface area (TPSA) is 90.1 Å². The van der Waals surface area contributed by atoms with Gasteiger partial charge in [0.15, 0.2) is 5.78 Å². The highest BCUT2D eigenvalue weighted by Gasteiger charge is 2.13. The summed E-state index contributed by atoms with van der Waals surface area (Å²) in [4.78, 5) is 11.4. The quantitative estimate of drug-likeness (QED) is 0.472. The second-order valence-corrected chi connectivity index (χ2v) is 7.06. The number of ether oxygens (including phenoxy) is 1. The van der Waals surface area contributed by atoms with E-state index in [-0.39, 0.29) is 12.4 Å². The zero-order valence-corrected chi connectivity index (χ0v) is 15.9. The van der Waals surface area contributed by atoms with Crippen LogP contribution in [0.25, 0.3) is 5.69 Å². The van der Waals surface area contributed by atoms with E-state index in [2.05, 4.69) is 15.5 Å². The van der Waals surface area contributed by atoms with Crippen molar-refractivity contribution in [2.24, 2.45) is 0 Å². The molecule has 0 unspecified atom stereocenters. The first-order valence-corrected chi connectivity index (χ1v) is 9.41. The van der Waals surface area contributed by atoms with Crippen LogP contribution in [0.2, 0.25) is 0 Å². The molecule has 8 heteroatoms. The minimum absolute atomic E-state index is 0.0282. The third-order valence-corrected chi connectivity index (χ3v) is 4.87. The molecule has 1 heterocycles. The Morgan fingerprint density at radius 3 is 2.78 bits per heavy atom. The zero-order valence-electron chi connectivity index (χ0n) is 15.1. The Morgan fingerprint density at radius 1 is 1.26 bits per heavy atom. The Bertz CT molecular complexity index is 911. The molecule has 1 atom stereocenters. The van der Waals surface area contributed by atoms with Gasteiger partial charge in [0.2, 0.25) is 5.16 Å². The van der Waals surface area contributed by atoms with Gasteiger partial charge in [0, 0.05) is 11.3 Å². The minimum atomic E-state index is -0.709. The molecule has 1 aromatic heterocycles. The number of aromatic nitrogens is 4. The van der Waals surface area contributed by atoms with Gasteiger partial charge in [0.05, 0.1) is 11.8 Å². The number of aryl methyl sites for hydroxylation is 1. The molecule has 0 aliphatic rings. The molecule has 0 aliphatic heterocycles. The van der Waals surface area contributed by atoms with E-state index < -0.39 is 6.10 Å². The predicted molar refractivity (Wildman–Crippen MR) is 103 cm³/mol. The number of carbonyl (C=O) groups is 1. The summed E-state index contributed by atoms with van der Waals surface area (Å²) in [5, 5.41) is 22.5.